The number of nitrogens with two attached hydrogens (primary N) is 1. The fraction of sp³-hybridized carbons (Fsp3) is 0.400. The third kappa shape index (κ3) is 3.73. The fourth-order valence-corrected chi connectivity index (χ4v) is 4.68. The van der Waals surface area contributed by atoms with Gasteiger partial charge in [0.25, 0.3) is 0 Å². The van der Waals surface area contributed by atoms with E-state index in [0.717, 1.165) is 25.9 Å². The highest BCUT2D eigenvalue weighted by molar-refractivity contribution is 7.89. The molecule has 0 saturated carbocycles. The maximum absolute atomic E-state index is 11.4. The molecule has 2 aromatic carbocycles. The van der Waals surface area contributed by atoms with Crippen LogP contribution in [-0.2, 0) is 16.4 Å². The van der Waals surface area contributed by atoms with Gasteiger partial charge in [-0.3, -0.25) is 4.90 Å². The lowest BCUT2D eigenvalue weighted by Crippen LogP contribution is -2.38. The highest BCUT2D eigenvalue weighted by atomic mass is 32.2. The first-order valence-electron chi connectivity index (χ1n) is 9.18. The zero-order valence-corrected chi connectivity index (χ0v) is 15.8. The highest BCUT2D eigenvalue weighted by Gasteiger charge is 2.40. The van der Waals surface area contributed by atoms with Gasteiger partial charge in [-0.15, -0.1) is 0 Å². The number of ether oxygens (including phenoxy) is 1. The van der Waals surface area contributed by atoms with E-state index in [4.69, 9.17) is 9.88 Å². The van der Waals surface area contributed by atoms with Crippen molar-refractivity contribution in [2.45, 2.75) is 29.9 Å². The number of likely N-dealkylation sites (tertiary alicyclic amines) is 1. The van der Waals surface area contributed by atoms with Crippen LogP contribution in [0.4, 0.5) is 0 Å². The van der Waals surface area contributed by atoms with Gasteiger partial charge in [-0.2, -0.15) is 0 Å². The Bertz CT molecular complexity index is 914. The molecule has 0 aromatic heterocycles. The van der Waals surface area contributed by atoms with Crippen LogP contribution in [0.3, 0.4) is 0 Å². The molecule has 3 N–H and O–H groups in total. The van der Waals surface area contributed by atoms with Crippen LogP contribution in [0, 0.1) is 5.92 Å². The zero-order valence-electron chi connectivity index (χ0n) is 15.0. The lowest BCUT2D eigenvalue weighted by atomic mass is 10.1. The summed E-state index contributed by atoms with van der Waals surface area (Å²) in [4.78, 5) is 2.48. The first-order chi connectivity index (χ1) is 13.0. The molecule has 0 amide bonds. The number of primary sulfonamides is 1. The first-order valence-corrected chi connectivity index (χ1v) is 10.7. The van der Waals surface area contributed by atoms with E-state index in [9.17, 15) is 13.5 Å². The van der Waals surface area contributed by atoms with Gasteiger partial charge in [-0.05, 0) is 60.7 Å². The summed E-state index contributed by atoms with van der Waals surface area (Å²) in [5.41, 5.74) is 2.45. The van der Waals surface area contributed by atoms with Crippen LogP contribution in [0.5, 0.6) is 5.75 Å². The predicted molar refractivity (Wildman–Crippen MR) is 102 cm³/mol. The summed E-state index contributed by atoms with van der Waals surface area (Å²) in [6.07, 6.45) is 1.78. The van der Waals surface area contributed by atoms with Crippen molar-refractivity contribution in [3.05, 3.63) is 59.7 Å². The van der Waals surface area contributed by atoms with Gasteiger partial charge in [0.15, 0.2) is 0 Å². The molecule has 7 heteroatoms. The lowest BCUT2D eigenvalue weighted by Gasteiger charge is -2.30. The Morgan fingerprint density at radius 3 is 2.56 bits per heavy atom. The fourth-order valence-electron chi connectivity index (χ4n) is 4.17. The molecule has 27 heavy (non-hydrogen) atoms. The van der Waals surface area contributed by atoms with E-state index in [-0.39, 0.29) is 23.6 Å². The quantitative estimate of drug-likeness (QED) is 0.813. The zero-order chi connectivity index (χ0) is 19.0. The Morgan fingerprint density at radius 2 is 1.89 bits per heavy atom. The van der Waals surface area contributed by atoms with Crippen molar-refractivity contribution in [3.63, 3.8) is 0 Å². The van der Waals surface area contributed by atoms with Gasteiger partial charge in [0, 0.05) is 13.2 Å². The van der Waals surface area contributed by atoms with Crippen molar-refractivity contribution >= 4 is 10.0 Å². The second-order valence-electron chi connectivity index (χ2n) is 7.36. The van der Waals surface area contributed by atoms with Gasteiger partial charge in [0.2, 0.25) is 10.0 Å². The first kappa shape index (κ1) is 18.4. The maximum atomic E-state index is 11.4. The van der Waals surface area contributed by atoms with Crippen molar-refractivity contribution < 1.29 is 18.3 Å². The van der Waals surface area contributed by atoms with E-state index in [2.05, 4.69) is 17.0 Å². The second kappa shape index (κ2) is 7.24. The SMILES string of the molecule is NS(=O)(=O)c1ccc(O[C@H]2c3ccccc3C[C@@H]2N2CC[C@@H](CO)C2)cc1. The maximum Gasteiger partial charge on any atom is 0.238 e. The molecule has 2 aromatic rings. The van der Waals surface area contributed by atoms with Crippen LogP contribution in [0.2, 0.25) is 0 Å². The molecule has 0 spiro atoms. The highest BCUT2D eigenvalue weighted by Crippen LogP contribution is 2.39. The summed E-state index contributed by atoms with van der Waals surface area (Å²) in [5, 5.41) is 14.6. The van der Waals surface area contributed by atoms with E-state index in [0.29, 0.717) is 11.7 Å². The van der Waals surface area contributed by atoms with Crippen molar-refractivity contribution in [3.8, 4) is 5.75 Å². The Hall–Kier alpha value is -1.93. The summed E-state index contributed by atoms with van der Waals surface area (Å²) in [6, 6.07) is 14.7. The molecule has 1 aliphatic heterocycles. The minimum atomic E-state index is -3.72. The molecule has 0 radical (unpaired) electrons. The smallest absolute Gasteiger partial charge is 0.238 e. The summed E-state index contributed by atoms with van der Waals surface area (Å²) in [5.74, 6) is 0.940. The van der Waals surface area contributed by atoms with E-state index in [1.165, 1.54) is 23.3 Å². The van der Waals surface area contributed by atoms with Crippen molar-refractivity contribution in [2.24, 2.45) is 11.1 Å². The third-order valence-corrected chi connectivity index (χ3v) is 6.53. The Morgan fingerprint density at radius 1 is 1.15 bits per heavy atom. The summed E-state index contributed by atoms with van der Waals surface area (Å²) in [6.45, 7) is 2.05. The molecular formula is C20H24N2O4S. The molecule has 6 nitrogen and oxygen atoms in total. The monoisotopic (exact) mass is 388 g/mol. The minimum Gasteiger partial charge on any atom is -0.484 e. The summed E-state index contributed by atoms with van der Waals surface area (Å²) >= 11 is 0. The summed E-state index contributed by atoms with van der Waals surface area (Å²) in [7, 11) is -3.72. The number of rotatable bonds is 5. The largest absolute Gasteiger partial charge is 0.484 e. The molecule has 2 aliphatic rings. The van der Waals surface area contributed by atoms with Crippen LogP contribution in [-0.4, -0.2) is 44.2 Å². The number of fused-ring (bicyclic) bond motifs is 1. The number of hydrogen-bond donors (Lipinski definition) is 2. The van der Waals surface area contributed by atoms with Gasteiger partial charge >= 0.3 is 0 Å². The molecular weight excluding hydrogens is 364 g/mol. The average Bonchev–Trinajstić information content (AvgIpc) is 3.26. The molecule has 3 atom stereocenters. The van der Waals surface area contributed by atoms with Crippen molar-refractivity contribution in [1.82, 2.24) is 4.90 Å². The van der Waals surface area contributed by atoms with Crippen molar-refractivity contribution in [1.29, 1.82) is 0 Å². The van der Waals surface area contributed by atoms with Crippen LogP contribution in [0.1, 0.15) is 23.7 Å². The van der Waals surface area contributed by atoms with Crippen LogP contribution in [0.25, 0.3) is 0 Å². The van der Waals surface area contributed by atoms with Crippen LogP contribution >= 0.6 is 0 Å². The molecule has 1 fully saturated rings. The van der Waals surface area contributed by atoms with E-state index >= 15 is 0 Å². The van der Waals surface area contributed by atoms with Gasteiger partial charge in [-0.1, -0.05) is 24.3 Å². The molecule has 144 valence electrons. The van der Waals surface area contributed by atoms with E-state index in [1.54, 1.807) is 12.1 Å². The Labute approximate surface area is 159 Å². The molecule has 0 bridgehead atoms. The minimum absolute atomic E-state index is 0.0727. The Kier molecular flexibility index (Phi) is 4.94. The standard InChI is InChI=1S/C20H24N2O4S/c21-27(24,25)17-7-5-16(6-8-17)26-20-18-4-2-1-3-15(18)11-19(20)22-10-9-14(12-22)13-23/h1-8,14,19-20,23H,9-13H2,(H2,21,24,25)/t14-,19+,20+/m1/s1. The number of sulfonamides is 1. The van der Waals surface area contributed by atoms with Crippen LogP contribution < -0.4 is 9.88 Å². The average molecular weight is 388 g/mol. The lowest BCUT2D eigenvalue weighted by molar-refractivity contribution is 0.0885. The molecule has 4 rings (SSSR count). The normalized spacial score (nSPS) is 25.5. The molecule has 1 aliphatic carbocycles. The second-order valence-corrected chi connectivity index (χ2v) is 8.92. The van der Waals surface area contributed by atoms with Crippen molar-refractivity contribution in [2.75, 3.05) is 19.7 Å². The molecule has 0 unspecified atom stereocenters. The number of hydrogen-bond acceptors (Lipinski definition) is 5. The number of benzene rings is 2. The number of aliphatic hydroxyl groups is 1. The van der Waals surface area contributed by atoms with Gasteiger partial charge in [0.05, 0.1) is 10.9 Å². The van der Waals surface area contributed by atoms with Gasteiger partial charge in [-0.25, -0.2) is 13.6 Å². The third-order valence-electron chi connectivity index (χ3n) is 5.60. The van der Waals surface area contributed by atoms with E-state index in [1.807, 2.05) is 12.1 Å². The Balaban J connectivity index is 1.59. The van der Waals surface area contributed by atoms with Crippen LogP contribution in [0.15, 0.2) is 53.4 Å². The predicted octanol–water partition coefficient (Wildman–Crippen LogP) is 1.69. The van der Waals surface area contributed by atoms with E-state index < -0.39 is 10.0 Å². The topological polar surface area (TPSA) is 92.9 Å². The number of nitrogens with zero attached hydrogens (tertiary/aromatic N) is 1. The summed E-state index contributed by atoms with van der Waals surface area (Å²) < 4.78 is 29.2. The van der Waals surface area contributed by atoms with Gasteiger partial charge < -0.3 is 9.84 Å². The number of aliphatic hydroxyl groups excluding tert-OH is 1. The van der Waals surface area contributed by atoms with Gasteiger partial charge in [0.1, 0.15) is 11.9 Å². The molecule has 1 saturated heterocycles. The molecule has 1 heterocycles.